The van der Waals surface area contributed by atoms with Crippen molar-refractivity contribution >= 4 is 34.5 Å². The van der Waals surface area contributed by atoms with E-state index < -0.39 is 0 Å². The maximum absolute atomic E-state index is 11.5. The Bertz CT molecular complexity index is 421. The van der Waals surface area contributed by atoms with Gasteiger partial charge >= 0.3 is 0 Å². The first-order valence-electron chi connectivity index (χ1n) is 6.04. The molecule has 0 bridgehead atoms. The van der Waals surface area contributed by atoms with Crippen molar-refractivity contribution in [1.82, 2.24) is 4.90 Å². The third-order valence-electron chi connectivity index (χ3n) is 2.43. The van der Waals surface area contributed by atoms with Crippen LogP contribution in [0.4, 0.5) is 0 Å². The maximum Gasteiger partial charge on any atom is 0.222 e. The van der Waals surface area contributed by atoms with E-state index in [1.807, 2.05) is 30.3 Å². The van der Waals surface area contributed by atoms with Crippen molar-refractivity contribution in [2.24, 2.45) is 0 Å². The molecule has 1 rings (SSSR count). The molecule has 3 nitrogen and oxygen atoms in total. The molecule has 0 heterocycles. The lowest BCUT2D eigenvalue weighted by Gasteiger charge is -2.16. The van der Waals surface area contributed by atoms with E-state index in [4.69, 9.17) is 0 Å². The summed E-state index contributed by atoms with van der Waals surface area (Å²) in [5, 5.41) is 0.0975. The van der Waals surface area contributed by atoms with Crippen molar-refractivity contribution in [3.8, 4) is 0 Å². The minimum absolute atomic E-state index is 0.0636. The Balaban J connectivity index is 2.56. The SMILES string of the molecule is CC(=O)SC(SCCC(=O)N(C)C)c1ccccc1. The Hall–Kier alpha value is -0.940. The van der Waals surface area contributed by atoms with Gasteiger partial charge in [0.1, 0.15) is 0 Å². The van der Waals surface area contributed by atoms with Gasteiger partial charge in [0.05, 0.1) is 4.58 Å². The molecule has 0 saturated carbocycles. The molecule has 1 amide bonds. The van der Waals surface area contributed by atoms with Crippen molar-refractivity contribution in [2.75, 3.05) is 19.8 Å². The van der Waals surface area contributed by atoms with Crippen LogP contribution in [0.3, 0.4) is 0 Å². The summed E-state index contributed by atoms with van der Waals surface area (Å²) < 4.78 is 0.0636. The van der Waals surface area contributed by atoms with E-state index in [1.54, 1.807) is 37.7 Å². The van der Waals surface area contributed by atoms with E-state index in [0.29, 0.717) is 6.42 Å². The van der Waals surface area contributed by atoms with E-state index in [-0.39, 0.29) is 15.6 Å². The van der Waals surface area contributed by atoms with Gasteiger partial charge in [-0.15, -0.1) is 11.8 Å². The summed E-state index contributed by atoms with van der Waals surface area (Å²) in [5.74, 6) is 0.837. The topological polar surface area (TPSA) is 37.4 Å². The second kappa shape index (κ2) is 8.27. The highest BCUT2D eigenvalue weighted by atomic mass is 32.2. The summed E-state index contributed by atoms with van der Waals surface area (Å²) in [7, 11) is 3.51. The maximum atomic E-state index is 11.5. The van der Waals surface area contributed by atoms with Crippen molar-refractivity contribution in [2.45, 2.75) is 17.9 Å². The normalized spacial score (nSPS) is 11.9. The number of nitrogens with zero attached hydrogens (tertiary/aromatic N) is 1. The van der Waals surface area contributed by atoms with Gasteiger partial charge in [0.15, 0.2) is 5.12 Å². The summed E-state index contributed by atoms with van der Waals surface area (Å²) >= 11 is 2.96. The Labute approximate surface area is 123 Å². The van der Waals surface area contributed by atoms with E-state index >= 15 is 0 Å². The van der Waals surface area contributed by atoms with Crippen LogP contribution in [0.1, 0.15) is 23.5 Å². The van der Waals surface area contributed by atoms with Crippen LogP contribution in [0.15, 0.2) is 30.3 Å². The number of rotatable bonds is 6. The van der Waals surface area contributed by atoms with E-state index in [9.17, 15) is 9.59 Å². The van der Waals surface area contributed by atoms with Crippen LogP contribution in [-0.2, 0) is 9.59 Å². The van der Waals surface area contributed by atoms with Crippen LogP contribution in [0, 0.1) is 0 Å². The molecule has 0 aliphatic heterocycles. The lowest BCUT2D eigenvalue weighted by Crippen LogP contribution is -2.21. The summed E-state index contributed by atoms with van der Waals surface area (Å²) in [6.07, 6.45) is 0.499. The molecule has 0 aromatic heterocycles. The monoisotopic (exact) mass is 297 g/mol. The molecule has 0 spiro atoms. The molecule has 0 radical (unpaired) electrons. The van der Waals surface area contributed by atoms with Gasteiger partial charge in [-0.3, -0.25) is 9.59 Å². The van der Waals surface area contributed by atoms with Crippen molar-refractivity contribution in [3.05, 3.63) is 35.9 Å². The molecule has 0 saturated heterocycles. The quantitative estimate of drug-likeness (QED) is 0.756. The van der Waals surface area contributed by atoms with E-state index in [0.717, 1.165) is 11.3 Å². The summed E-state index contributed by atoms with van der Waals surface area (Å²) in [6.45, 7) is 1.58. The first-order chi connectivity index (χ1) is 9.00. The average Bonchev–Trinajstić information content (AvgIpc) is 2.37. The molecular weight excluding hydrogens is 278 g/mol. The van der Waals surface area contributed by atoms with Crippen LogP contribution in [-0.4, -0.2) is 35.8 Å². The first kappa shape index (κ1) is 16.1. The number of benzene rings is 1. The Morgan fingerprint density at radius 3 is 2.37 bits per heavy atom. The van der Waals surface area contributed by atoms with Crippen LogP contribution in [0.2, 0.25) is 0 Å². The molecule has 104 valence electrons. The number of amides is 1. The standard InChI is InChI=1S/C14H19NO2S2/c1-11(16)19-14(12-7-5-4-6-8-12)18-10-9-13(17)15(2)3/h4-8,14H,9-10H2,1-3H3. The lowest BCUT2D eigenvalue weighted by atomic mass is 10.2. The lowest BCUT2D eigenvalue weighted by molar-refractivity contribution is -0.128. The third-order valence-corrected chi connectivity index (χ3v) is 4.96. The Kier molecular flexibility index (Phi) is 7.02. The number of carbonyl (C=O) groups is 2. The number of hydrogen-bond acceptors (Lipinski definition) is 4. The Morgan fingerprint density at radius 2 is 1.84 bits per heavy atom. The first-order valence-corrected chi connectivity index (χ1v) is 7.97. The zero-order valence-corrected chi connectivity index (χ0v) is 13.1. The zero-order chi connectivity index (χ0) is 14.3. The molecule has 0 aliphatic rings. The summed E-state index contributed by atoms with van der Waals surface area (Å²) in [4.78, 5) is 24.4. The Morgan fingerprint density at radius 1 is 1.21 bits per heavy atom. The fraction of sp³-hybridized carbons (Fsp3) is 0.429. The number of hydrogen-bond donors (Lipinski definition) is 0. The van der Waals surface area contributed by atoms with Gasteiger partial charge in [-0.05, 0) is 5.56 Å². The van der Waals surface area contributed by atoms with Crippen LogP contribution in [0.25, 0.3) is 0 Å². The van der Waals surface area contributed by atoms with E-state index in [2.05, 4.69) is 0 Å². The van der Waals surface area contributed by atoms with E-state index in [1.165, 1.54) is 11.8 Å². The van der Waals surface area contributed by atoms with Crippen LogP contribution in [0.5, 0.6) is 0 Å². The number of thioether (sulfide) groups is 2. The molecule has 0 N–H and O–H groups in total. The van der Waals surface area contributed by atoms with Gasteiger partial charge in [-0.2, -0.15) is 0 Å². The molecule has 1 aromatic carbocycles. The van der Waals surface area contributed by atoms with Crippen LogP contribution >= 0.6 is 23.5 Å². The predicted octanol–water partition coefficient (Wildman–Crippen LogP) is 3.18. The fourth-order valence-corrected chi connectivity index (χ4v) is 3.85. The molecule has 1 unspecified atom stereocenters. The molecule has 1 aromatic rings. The van der Waals surface area contributed by atoms with Crippen LogP contribution < -0.4 is 0 Å². The summed E-state index contributed by atoms with van der Waals surface area (Å²) in [5.41, 5.74) is 1.12. The second-order valence-electron chi connectivity index (χ2n) is 4.26. The van der Waals surface area contributed by atoms with Crippen molar-refractivity contribution in [1.29, 1.82) is 0 Å². The molecular formula is C14H19NO2S2. The molecule has 0 fully saturated rings. The highest BCUT2D eigenvalue weighted by molar-refractivity contribution is 8.24. The van der Waals surface area contributed by atoms with Gasteiger partial charge in [-0.1, -0.05) is 42.1 Å². The highest BCUT2D eigenvalue weighted by Gasteiger charge is 2.15. The summed E-state index contributed by atoms with van der Waals surface area (Å²) in [6, 6.07) is 9.92. The van der Waals surface area contributed by atoms with Crippen molar-refractivity contribution < 1.29 is 9.59 Å². The predicted molar refractivity (Wildman–Crippen MR) is 83.2 cm³/mol. The second-order valence-corrected chi connectivity index (χ2v) is 7.05. The zero-order valence-electron chi connectivity index (χ0n) is 11.5. The minimum Gasteiger partial charge on any atom is -0.349 e. The number of carbonyl (C=O) groups excluding carboxylic acids is 2. The smallest absolute Gasteiger partial charge is 0.222 e. The van der Waals surface area contributed by atoms with Gasteiger partial charge in [0.2, 0.25) is 5.91 Å². The van der Waals surface area contributed by atoms with Gasteiger partial charge < -0.3 is 4.90 Å². The van der Waals surface area contributed by atoms with Crippen molar-refractivity contribution in [3.63, 3.8) is 0 Å². The van der Waals surface area contributed by atoms with Gasteiger partial charge in [-0.25, -0.2) is 0 Å². The molecule has 1 atom stereocenters. The minimum atomic E-state index is 0.0636. The third kappa shape index (κ3) is 6.16. The average molecular weight is 297 g/mol. The largest absolute Gasteiger partial charge is 0.349 e. The molecule has 19 heavy (non-hydrogen) atoms. The van der Waals surface area contributed by atoms with Gasteiger partial charge in [0, 0.05) is 33.2 Å². The highest BCUT2D eigenvalue weighted by Crippen LogP contribution is 2.39. The van der Waals surface area contributed by atoms with Gasteiger partial charge in [0.25, 0.3) is 0 Å². The fourth-order valence-electron chi connectivity index (χ4n) is 1.44. The molecule has 0 aliphatic carbocycles. The molecule has 5 heteroatoms.